The van der Waals surface area contributed by atoms with E-state index < -0.39 is 15.5 Å². The van der Waals surface area contributed by atoms with E-state index in [1.54, 1.807) is 0 Å². The lowest BCUT2D eigenvalue weighted by molar-refractivity contribution is 0.535. The molecule has 4 rings (SSSR count). The Balaban J connectivity index is 0.000000552. The number of halogens is 4. The van der Waals surface area contributed by atoms with E-state index in [-0.39, 0.29) is 10.7 Å². The topological polar surface area (TPSA) is 26.0 Å². The fourth-order valence-electron chi connectivity index (χ4n) is 3.68. The van der Waals surface area contributed by atoms with E-state index in [0.717, 1.165) is 12.8 Å². The SMILES string of the molecule is F.FB(F)F.N[C@@H]1CCCc2cccc(P(c3ccccc3)c3ccccc3)c21. The highest BCUT2D eigenvalue weighted by molar-refractivity contribution is 7.79. The largest absolute Gasteiger partial charge is 0.762 e. The number of hydrogen-bond donors (Lipinski definition) is 1. The molecule has 0 aromatic heterocycles. The second-order valence-corrected chi connectivity index (χ2v) is 8.79. The average molecular weight is 419 g/mol. The average Bonchev–Trinajstić information content (AvgIpc) is 2.70. The summed E-state index contributed by atoms with van der Waals surface area (Å²) in [6, 6.07) is 28.7. The molecule has 1 atom stereocenters. The highest BCUT2D eigenvalue weighted by Gasteiger charge is 2.26. The van der Waals surface area contributed by atoms with Gasteiger partial charge in [0, 0.05) is 6.04 Å². The smallest absolute Gasteiger partial charge is 0.324 e. The number of fused-ring (bicyclic) bond motifs is 1. The molecule has 29 heavy (non-hydrogen) atoms. The first kappa shape index (κ1) is 23.1. The lowest BCUT2D eigenvalue weighted by Gasteiger charge is -2.29. The molecule has 0 saturated carbocycles. The zero-order chi connectivity index (χ0) is 19.9. The van der Waals surface area contributed by atoms with Crippen molar-refractivity contribution >= 4 is 31.4 Å². The van der Waals surface area contributed by atoms with Crippen LogP contribution in [0, 0.1) is 0 Å². The first-order chi connectivity index (χ1) is 13.6. The molecule has 0 unspecified atom stereocenters. The molecule has 0 heterocycles. The third-order valence-corrected chi connectivity index (χ3v) is 7.28. The van der Waals surface area contributed by atoms with Gasteiger partial charge in [-0.25, -0.2) is 0 Å². The summed E-state index contributed by atoms with van der Waals surface area (Å²) in [6.45, 7) is 0. The van der Waals surface area contributed by atoms with E-state index in [2.05, 4.69) is 78.9 Å². The molecule has 0 radical (unpaired) electrons. The maximum absolute atomic E-state index is 9.67. The summed E-state index contributed by atoms with van der Waals surface area (Å²) in [7, 11) is -4.23. The number of aryl methyl sites for hydroxylation is 1. The summed E-state index contributed by atoms with van der Waals surface area (Å²) in [5.74, 6) is 0. The molecule has 0 saturated heterocycles. The lowest BCUT2D eigenvalue weighted by atomic mass is 9.88. The van der Waals surface area contributed by atoms with Crippen LogP contribution in [0.4, 0.5) is 17.7 Å². The van der Waals surface area contributed by atoms with Crippen LogP contribution in [0.1, 0.15) is 30.0 Å². The van der Waals surface area contributed by atoms with Crippen LogP contribution in [-0.4, -0.2) is 7.54 Å². The van der Waals surface area contributed by atoms with Gasteiger partial charge in [-0.05, 0) is 54.2 Å². The van der Waals surface area contributed by atoms with Crippen molar-refractivity contribution in [2.45, 2.75) is 25.3 Å². The van der Waals surface area contributed by atoms with Crippen LogP contribution in [0.15, 0.2) is 78.9 Å². The van der Waals surface area contributed by atoms with Crippen molar-refractivity contribution < 1.29 is 17.7 Å². The van der Waals surface area contributed by atoms with Gasteiger partial charge in [0.2, 0.25) is 0 Å². The van der Waals surface area contributed by atoms with Crippen molar-refractivity contribution in [1.29, 1.82) is 0 Å². The monoisotopic (exact) mass is 419 g/mol. The molecule has 1 aliphatic carbocycles. The van der Waals surface area contributed by atoms with Crippen molar-refractivity contribution in [2.24, 2.45) is 5.73 Å². The van der Waals surface area contributed by atoms with Crippen molar-refractivity contribution in [2.75, 3.05) is 0 Å². The molecule has 0 bridgehead atoms. The first-order valence-electron chi connectivity index (χ1n) is 9.27. The molecule has 0 fully saturated rings. The van der Waals surface area contributed by atoms with Gasteiger partial charge in [0.25, 0.3) is 0 Å². The van der Waals surface area contributed by atoms with Gasteiger partial charge in [-0.15, -0.1) is 0 Å². The van der Waals surface area contributed by atoms with E-state index in [9.17, 15) is 12.9 Å². The molecule has 0 amide bonds. The van der Waals surface area contributed by atoms with Crippen molar-refractivity contribution in [1.82, 2.24) is 0 Å². The molecule has 152 valence electrons. The number of benzene rings is 3. The normalized spacial score (nSPS) is 14.9. The van der Waals surface area contributed by atoms with Crippen LogP contribution in [-0.2, 0) is 6.42 Å². The summed E-state index contributed by atoms with van der Waals surface area (Å²) >= 11 is 0. The fourth-order valence-corrected chi connectivity index (χ4v) is 6.26. The Kier molecular flexibility index (Phi) is 8.87. The zero-order valence-corrected chi connectivity index (χ0v) is 16.7. The van der Waals surface area contributed by atoms with E-state index in [1.165, 1.54) is 33.5 Å². The van der Waals surface area contributed by atoms with Crippen molar-refractivity contribution in [3.63, 3.8) is 0 Å². The van der Waals surface area contributed by atoms with Crippen LogP contribution < -0.4 is 21.6 Å². The van der Waals surface area contributed by atoms with Gasteiger partial charge in [-0.3, -0.25) is 17.7 Å². The Bertz CT molecular complexity index is 838. The molecule has 7 heteroatoms. The lowest BCUT2D eigenvalue weighted by Crippen LogP contribution is -2.30. The second kappa shape index (κ2) is 11.1. The predicted molar refractivity (Wildman–Crippen MR) is 117 cm³/mol. The predicted octanol–water partition coefficient (Wildman–Crippen LogP) is 4.81. The minimum absolute atomic E-state index is 0. The van der Waals surface area contributed by atoms with Gasteiger partial charge in [0.05, 0.1) is 0 Å². The number of nitrogens with two attached hydrogens (primary N) is 1. The first-order valence-corrected chi connectivity index (χ1v) is 10.6. The quantitative estimate of drug-likeness (QED) is 0.368. The molecule has 1 aliphatic rings. The third kappa shape index (κ3) is 5.91. The van der Waals surface area contributed by atoms with Crippen molar-refractivity contribution in [3.05, 3.63) is 90.0 Å². The van der Waals surface area contributed by atoms with Crippen LogP contribution in [0.3, 0.4) is 0 Å². The fraction of sp³-hybridized carbons (Fsp3) is 0.182. The standard InChI is InChI=1S/C22H22NP.BF3.FH/c23-20-15-7-9-17-10-8-16-21(22(17)20)24(18-11-3-1-4-12-18)19-13-5-2-6-14-19;2-1(3)4;/h1-6,8,10-14,16,20H,7,9,15,23H2;;1H/t20-;;/m1../s1. The van der Waals surface area contributed by atoms with E-state index in [4.69, 9.17) is 5.73 Å². The third-order valence-electron chi connectivity index (χ3n) is 4.78. The molecule has 0 aliphatic heterocycles. The minimum Gasteiger partial charge on any atom is -0.324 e. The van der Waals surface area contributed by atoms with Crippen LogP contribution in [0.5, 0.6) is 0 Å². The zero-order valence-electron chi connectivity index (χ0n) is 15.8. The molecular formula is C22H23BF4NP. The highest BCUT2D eigenvalue weighted by atomic mass is 31.1. The molecule has 1 nitrogen and oxygen atoms in total. The Hall–Kier alpha value is -2.17. The summed E-state index contributed by atoms with van der Waals surface area (Å²) < 4.78 is 29.0. The minimum atomic E-state index is -3.67. The van der Waals surface area contributed by atoms with Crippen LogP contribution in [0.2, 0.25) is 0 Å². The maximum Gasteiger partial charge on any atom is 0.762 e. The summed E-state index contributed by atoms with van der Waals surface area (Å²) in [4.78, 5) is 0. The van der Waals surface area contributed by atoms with Gasteiger partial charge in [0.1, 0.15) is 0 Å². The van der Waals surface area contributed by atoms with E-state index in [0.29, 0.717) is 0 Å². The van der Waals surface area contributed by atoms with Gasteiger partial charge < -0.3 is 5.73 Å². The molecular weight excluding hydrogens is 396 g/mol. The number of rotatable bonds is 3. The molecule has 0 spiro atoms. The van der Waals surface area contributed by atoms with Crippen LogP contribution in [0.25, 0.3) is 0 Å². The molecule has 2 N–H and O–H groups in total. The Morgan fingerprint density at radius 1 is 0.793 bits per heavy atom. The Morgan fingerprint density at radius 3 is 1.83 bits per heavy atom. The highest BCUT2D eigenvalue weighted by Crippen LogP contribution is 2.38. The molecule has 3 aromatic rings. The van der Waals surface area contributed by atoms with Crippen molar-refractivity contribution in [3.8, 4) is 0 Å². The summed E-state index contributed by atoms with van der Waals surface area (Å²) in [6.07, 6.45) is 3.45. The van der Waals surface area contributed by atoms with E-state index >= 15 is 0 Å². The van der Waals surface area contributed by atoms with Gasteiger partial charge >= 0.3 is 7.54 Å². The summed E-state index contributed by atoms with van der Waals surface area (Å²) in [5.41, 5.74) is 9.41. The van der Waals surface area contributed by atoms with Gasteiger partial charge in [-0.1, -0.05) is 78.9 Å². The Labute approximate surface area is 170 Å². The van der Waals surface area contributed by atoms with Gasteiger partial charge in [-0.2, -0.15) is 0 Å². The van der Waals surface area contributed by atoms with Gasteiger partial charge in [0.15, 0.2) is 0 Å². The second-order valence-electron chi connectivity index (χ2n) is 6.60. The molecule has 3 aromatic carbocycles. The van der Waals surface area contributed by atoms with Crippen LogP contribution >= 0.6 is 7.92 Å². The van der Waals surface area contributed by atoms with E-state index in [1.807, 2.05) is 0 Å². The maximum atomic E-state index is 9.67. The summed E-state index contributed by atoms with van der Waals surface area (Å²) in [5, 5.41) is 4.22. The number of hydrogen-bond acceptors (Lipinski definition) is 1. The Morgan fingerprint density at radius 2 is 1.31 bits per heavy atom.